The second-order valence-electron chi connectivity index (χ2n) is 3.79. The van der Waals surface area contributed by atoms with E-state index in [4.69, 9.17) is 22.4 Å². The van der Waals surface area contributed by atoms with Crippen LogP contribution in [0.4, 0.5) is 10.5 Å². The number of hydrogen-bond donors (Lipinski definition) is 4. The maximum atomic E-state index is 11.6. The van der Waals surface area contributed by atoms with Crippen molar-refractivity contribution in [1.82, 2.24) is 5.32 Å². The van der Waals surface area contributed by atoms with Crippen LogP contribution in [0.2, 0.25) is 5.02 Å². The van der Waals surface area contributed by atoms with Gasteiger partial charge in [0.2, 0.25) is 5.91 Å². The van der Waals surface area contributed by atoms with E-state index in [0.717, 1.165) is 0 Å². The molecule has 1 unspecified atom stereocenters. The number of rotatable bonds is 5. The van der Waals surface area contributed by atoms with Crippen LogP contribution >= 0.6 is 27.5 Å². The fraction of sp³-hybridized carbons (Fsp3) is 0.182. The summed E-state index contributed by atoms with van der Waals surface area (Å²) >= 11 is 9.04. The molecular weight excluding hydrogens is 353 g/mol. The first kappa shape index (κ1) is 16.3. The molecule has 0 aliphatic carbocycles. The highest BCUT2D eigenvalue weighted by molar-refractivity contribution is 9.10. The Morgan fingerprint density at radius 1 is 1.40 bits per heavy atom. The molecule has 0 bridgehead atoms. The van der Waals surface area contributed by atoms with Crippen molar-refractivity contribution >= 4 is 51.1 Å². The summed E-state index contributed by atoms with van der Waals surface area (Å²) in [4.78, 5) is 33.2. The number of amides is 3. The van der Waals surface area contributed by atoms with Gasteiger partial charge < -0.3 is 21.5 Å². The number of nitrogens with one attached hydrogen (secondary N) is 2. The van der Waals surface area contributed by atoms with E-state index in [1.807, 2.05) is 0 Å². The Bertz CT molecular complexity index is 552. The number of primary amides is 1. The van der Waals surface area contributed by atoms with Gasteiger partial charge in [0, 0.05) is 10.2 Å². The predicted molar refractivity (Wildman–Crippen MR) is 76.5 cm³/mol. The highest BCUT2D eigenvalue weighted by atomic mass is 79.9. The van der Waals surface area contributed by atoms with Crippen LogP contribution < -0.4 is 16.4 Å². The molecule has 0 saturated carbocycles. The summed E-state index contributed by atoms with van der Waals surface area (Å²) < 4.78 is 0.655. The Hall–Kier alpha value is -1.80. The highest BCUT2D eigenvalue weighted by Gasteiger charge is 2.22. The van der Waals surface area contributed by atoms with Gasteiger partial charge in [-0.25, -0.2) is 9.59 Å². The molecule has 3 amide bonds. The molecule has 0 spiro atoms. The van der Waals surface area contributed by atoms with E-state index in [1.54, 1.807) is 12.1 Å². The van der Waals surface area contributed by atoms with Gasteiger partial charge in [0.25, 0.3) is 0 Å². The van der Waals surface area contributed by atoms with Crippen molar-refractivity contribution in [2.75, 3.05) is 5.32 Å². The van der Waals surface area contributed by atoms with Crippen LogP contribution in [-0.4, -0.2) is 29.1 Å². The minimum Gasteiger partial charge on any atom is -0.480 e. The van der Waals surface area contributed by atoms with Crippen LogP contribution in [0.5, 0.6) is 0 Å². The average Bonchev–Trinajstić information content (AvgIpc) is 2.32. The summed E-state index contributed by atoms with van der Waals surface area (Å²) in [5.41, 5.74) is 5.27. The minimum atomic E-state index is -1.39. The summed E-state index contributed by atoms with van der Waals surface area (Å²) in [7, 11) is 0. The molecule has 1 aromatic carbocycles. The molecule has 0 aliphatic heterocycles. The first-order valence-corrected chi connectivity index (χ1v) is 6.50. The molecule has 5 N–H and O–H groups in total. The van der Waals surface area contributed by atoms with Crippen LogP contribution in [0.15, 0.2) is 22.7 Å². The van der Waals surface area contributed by atoms with Gasteiger partial charge in [-0.3, -0.25) is 4.79 Å². The van der Waals surface area contributed by atoms with Crippen molar-refractivity contribution in [3.8, 4) is 0 Å². The largest absolute Gasteiger partial charge is 0.480 e. The molecule has 1 aromatic rings. The number of hydrogen-bond acceptors (Lipinski definition) is 3. The van der Waals surface area contributed by atoms with Crippen molar-refractivity contribution < 1.29 is 19.5 Å². The SMILES string of the molecule is NC(=O)CC(NC(=O)Nc1ccc(Br)c(Cl)c1)C(=O)O. The van der Waals surface area contributed by atoms with Crippen molar-refractivity contribution in [1.29, 1.82) is 0 Å². The third kappa shape index (κ3) is 5.06. The summed E-state index contributed by atoms with van der Waals surface area (Å²) in [6.07, 6.45) is -0.496. The van der Waals surface area contributed by atoms with E-state index >= 15 is 0 Å². The predicted octanol–water partition coefficient (Wildman–Crippen LogP) is 1.55. The molecule has 7 nitrogen and oxygen atoms in total. The maximum Gasteiger partial charge on any atom is 0.326 e. The van der Waals surface area contributed by atoms with Crippen LogP contribution in [0.1, 0.15) is 6.42 Å². The minimum absolute atomic E-state index is 0.374. The fourth-order valence-corrected chi connectivity index (χ4v) is 1.73. The van der Waals surface area contributed by atoms with Crippen LogP contribution in [0.25, 0.3) is 0 Å². The number of carboxylic acid groups (broad SMARTS) is 1. The molecule has 108 valence electrons. The zero-order valence-electron chi connectivity index (χ0n) is 10.0. The molecule has 0 saturated heterocycles. The van der Waals surface area contributed by atoms with Gasteiger partial charge in [0.15, 0.2) is 0 Å². The van der Waals surface area contributed by atoms with Crippen molar-refractivity contribution in [2.45, 2.75) is 12.5 Å². The second-order valence-corrected chi connectivity index (χ2v) is 5.05. The number of anilines is 1. The van der Waals surface area contributed by atoms with Crippen LogP contribution in [-0.2, 0) is 9.59 Å². The molecule has 0 aliphatic rings. The normalized spacial score (nSPS) is 11.5. The van der Waals surface area contributed by atoms with E-state index in [0.29, 0.717) is 15.2 Å². The zero-order valence-corrected chi connectivity index (χ0v) is 12.4. The van der Waals surface area contributed by atoms with E-state index in [1.165, 1.54) is 6.07 Å². The molecule has 1 rings (SSSR count). The molecule has 0 fully saturated rings. The van der Waals surface area contributed by atoms with Gasteiger partial charge in [-0.15, -0.1) is 0 Å². The molecular formula is C11H11BrClN3O4. The lowest BCUT2D eigenvalue weighted by Gasteiger charge is -2.13. The second kappa shape index (κ2) is 7.11. The lowest BCUT2D eigenvalue weighted by atomic mass is 10.2. The smallest absolute Gasteiger partial charge is 0.326 e. The number of carbonyl (C=O) groups excluding carboxylic acids is 2. The molecule has 0 heterocycles. The topological polar surface area (TPSA) is 122 Å². The quantitative estimate of drug-likeness (QED) is 0.633. The number of aliphatic carboxylic acids is 1. The van der Waals surface area contributed by atoms with E-state index < -0.39 is 30.4 Å². The van der Waals surface area contributed by atoms with Gasteiger partial charge in [-0.05, 0) is 34.1 Å². The van der Waals surface area contributed by atoms with Gasteiger partial charge in [0.05, 0.1) is 11.4 Å². The van der Waals surface area contributed by atoms with E-state index in [2.05, 4.69) is 26.6 Å². The third-order valence-electron chi connectivity index (χ3n) is 2.19. The molecule has 0 radical (unpaired) electrons. The first-order valence-electron chi connectivity index (χ1n) is 5.33. The summed E-state index contributed by atoms with van der Waals surface area (Å²) in [5, 5.41) is 13.7. The maximum absolute atomic E-state index is 11.6. The van der Waals surface area contributed by atoms with Crippen molar-refractivity contribution in [3.63, 3.8) is 0 Å². The molecule has 1 atom stereocenters. The monoisotopic (exact) mass is 363 g/mol. The first-order chi connectivity index (χ1) is 9.29. The Labute approximate surface area is 127 Å². The summed E-state index contributed by atoms with van der Waals surface area (Å²) in [6.45, 7) is 0. The number of carbonyl (C=O) groups is 3. The molecule has 9 heteroatoms. The third-order valence-corrected chi connectivity index (χ3v) is 3.42. The van der Waals surface area contributed by atoms with Crippen LogP contribution in [0, 0.1) is 0 Å². The van der Waals surface area contributed by atoms with E-state index in [9.17, 15) is 14.4 Å². The van der Waals surface area contributed by atoms with Crippen molar-refractivity contribution in [2.24, 2.45) is 5.73 Å². The Morgan fingerprint density at radius 2 is 2.05 bits per heavy atom. The average molecular weight is 365 g/mol. The van der Waals surface area contributed by atoms with E-state index in [-0.39, 0.29) is 0 Å². The molecule has 0 aromatic heterocycles. The van der Waals surface area contributed by atoms with Gasteiger partial charge in [0.1, 0.15) is 6.04 Å². The standard InChI is InChI=1S/C11H11BrClN3O4/c12-6-2-1-5(3-7(6)13)15-11(20)16-8(10(18)19)4-9(14)17/h1-3,8H,4H2,(H2,14,17)(H,18,19)(H2,15,16,20). The summed E-state index contributed by atoms with van der Waals surface area (Å²) in [5.74, 6) is -2.18. The number of carboxylic acids is 1. The van der Waals surface area contributed by atoms with Crippen molar-refractivity contribution in [3.05, 3.63) is 27.7 Å². The number of nitrogens with two attached hydrogens (primary N) is 1. The number of halogens is 2. The van der Waals surface area contributed by atoms with Gasteiger partial charge in [-0.1, -0.05) is 11.6 Å². The van der Waals surface area contributed by atoms with Gasteiger partial charge >= 0.3 is 12.0 Å². The van der Waals surface area contributed by atoms with Crippen LogP contribution in [0.3, 0.4) is 0 Å². The Kier molecular flexibility index (Phi) is 5.78. The lowest BCUT2D eigenvalue weighted by molar-refractivity contribution is -0.140. The summed E-state index contributed by atoms with van der Waals surface area (Å²) in [6, 6.07) is 2.50. The lowest BCUT2D eigenvalue weighted by Crippen LogP contribution is -2.45. The Morgan fingerprint density at radius 3 is 2.55 bits per heavy atom. The highest BCUT2D eigenvalue weighted by Crippen LogP contribution is 2.25. The number of benzene rings is 1. The fourth-order valence-electron chi connectivity index (χ4n) is 1.30. The zero-order chi connectivity index (χ0) is 15.3. The Balaban J connectivity index is 2.67. The number of urea groups is 1. The molecule has 20 heavy (non-hydrogen) atoms. The van der Waals surface area contributed by atoms with Gasteiger partial charge in [-0.2, -0.15) is 0 Å².